The first-order valence-corrected chi connectivity index (χ1v) is 7.29. The Kier molecular flexibility index (Phi) is 7.39. The van der Waals surface area contributed by atoms with Crippen molar-refractivity contribution in [2.75, 3.05) is 5.32 Å². The number of alkyl halides is 6. The molecule has 0 aromatic heterocycles. The molecule has 0 saturated heterocycles. The van der Waals surface area contributed by atoms with Gasteiger partial charge in [-0.05, 0) is 36.8 Å². The summed E-state index contributed by atoms with van der Waals surface area (Å²) < 4.78 is 88.1. The van der Waals surface area contributed by atoms with Crippen molar-refractivity contribution in [2.45, 2.75) is 36.5 Å². The topological polar surface area (TPSA) is 24.1 Å². The van der Waals surface area contributed by atoms with E-state index in [0.717, 1.165) is 12.1 Å². The summed E-state index contributed by atoms with van der Waals surface area (Å²) in [5.74, 6) is -0.893. The number of rotatable bonds is 6. The molecule has 1 rings (SSSR count). The lowest BCUT2D eigenvalue weighted by molar-refractivity contribution is 0.0424. The molecule has 0 heterocycles. The molecule has 2 N–H and O–H groups in total. The van der Waals surface area contributed by atoms with Gasteiger partial charge in [0, 0.05) is 4.90 Å². The van der Waals surface area contributed by atoms with Crippen LogP contribution in [0.3, 0.4) is 0 Å². The van der Waals surface area contributed by atoms with Crippen molar-refractivity contribution in [2.24, 2.45) is 0 Å². The number of benzene rings is 1. The quantitative estimate of drug-likeness (QED) is 0.325. The molecule has 0 aliphatic rings. The molecule has 2 atom stereocenters. The highest BCUT2D eigenvalue weighted by atomic mass is 32.2. The predicted molar refractivity (Wildman–Crippen MR) is 78.2 cm³/mol. The highest BCUT2D eigenvalue weighted by Crippen LogP contribution is 2.33. The van der Waals surface area contributed by atoms with Gasteiger partial charge in [-0.2, -0.15) is 0 Å². The zero-order chi connectivity index (χ0) is 17.7. The van der Waals surface area contributed by atoms with Gasteiger partial charge in [-0.3, -0.25) is 0 Å². The van der Waals surface area contributed by atoms with Crippen molar-refractivity contribution >= 4 is 34.8 Å². The molecular formula is C12H11F7N2S2. The third-order valence-corrected chi connectivity index (χ3v) is 3.79. The van der Waals surface area contributed by atoms with E-state index in [-0.39, 0.29) is 22.2 Å². The number of hydrogen-bond donors (Lipinski definition) is 2. The number of hydrogen-bond acceptors (Lipinski definition) is 2. The molecule has 23 heavy (non-hydrogen) atoms. The normalized spacial score (nSPS) is 14.0. The monoisotopic (exact) mass is 380 g/mol. The Morgan fingerprint density at radius 1 is 1.09 bits per heavy atom. The molecule has 0 amide bonds. The van der Waals surface area contributed by atoms with Crippen LogP contribution < -0.4 is 10.6 Å². The van der Waals surface area contributed by atoms with Crippen LogP contribution in [0.2, 0.25) is 0 Å². The maximum absolute atomic E-state index is 13.7. The molecule has 0 aliphatic heterocycles. The van der Waals surface area contributed by atoms with E-state index in [4.69, 9.17) is 0 Å². The number of nitrogens with one attached hydrogen (secondary N) is 2. The minimum absolute atomic E-state index is 0.00448. The van der Waals surface area contributed by atoms with E-state index in [1.807, 2.05) is 0 Å². The van der Waals surface area contributed by atoms with Crippen molar-refractivity contribution in [3.63, 3.8) is 0 Å². The first-order chi connectivity index (χ1) is 10.6. The van der Waals surface area contributed by atoms with E-state index in [0.29, 0.717) is 0 Å². The van der Waals surface area contributed by atoms with E-state index in [1.54, 1.807) is 5.32 Å². The van der Waals surface area contributed by atoms with Crippen LogP contribution in [0.4, 0.5) is 36.4 Å². The van der Waals surface area contributed by atoms with Gasteiger partial charge in [-0.1, -0.05) is 11.8 Å². The van der Waals surface area contributed by atoms with Crippen LogP contribution in [-0.2, 0) is 0 Å². The number of anilines is 1. The molecule has 0 bridgehead atoms. The molecule has 1 aromatic carbocycles. The van der Waals surface area contributed by atoms with Crippen molar-refractivity contribution in [3.8, 4) is 0 Å². The standard InChI is InChI=1S/C12H11F7N2S2/c1-4-2-5(13)6(3-7(4)23-11(19)9(16)17)20-12(22)21-10(18)8(14)15/h2-3,8-11H,1H3,(H2,20,21,22). The van der Waals surface area contributed by atoms with Crippen LogP contribution in [-0.4, -0.2) is 29.8 Å². The molecule has 0 radical (unpaired) electrons. The lowest BCUT2D eigenvalue weighted by atomic mass is 10.2. The van der Waals surface area contributed by atoms with Crippen molar-refractivity contribution in [1.29, 1.82) is 0 Å². The van der Waals surface area contributed by atoms with Gasteiger partial charge in [0.15, 0.2) is 5.11 Å². The fraction of sp³-hybridized carbons (Fsp3) is 0.417. The Hall–Kier alpha value is -1.23. The van der Waals surface area contributed by atoms with E-state index in [1.165, 1.54) is 6.92 Å². The number of halogens is 7. The Bertz CT molecular complexity index is 556. The largest absolute Gasteiger partial charge is 0.330 e. The van der Waals surface area contributed by atoms with Gasteiger partial charge in [0.1, 0.15) is 5.82 Å². The van der Waals surface area contributed by atoms with Crippen molar-refractivity contribution in [1.82, 2.24) is 5.32 Å². The van der Waals surface area contributed by atoms with Crippen LogP contribution in [0.5, 0.6) is 0 Å². The predicted octanol–water partition coefficient (Wildman–Crippen LogP) is 4.63. The second-order valence-electron chi connectivity index (χ2n) is 4.24. The Morgan fingerprint density at radius 2 is 1.70 bits per heavy atom. The average Bonchev–Trinajstić information content (AvgIpc) is 2.43. The van der Waals surface area contributed by atoms with Crippen LogP contribution >= 0.6 is 24.0 Å². The molecule has 2 unspecified atom stereocenters. The SMILES string of the molecule is Cc1cc(F)c(NC(=S)NC(F)C(F)F)cc1SC(F)C(F)F. The van der Waals surface area contributed by atoms with Crippen LogP contribution in [0.25, 0.3) is 0 Å². The van der Waals surface area contributed by atoms with E-state index in [2.05, 4.69) is 17.5 Å². The summed E-state index contributed by atoms with van der Waals surface area (Å²) in [6, 6.07) is 1.90. The maximum Gasteiger partial charge on any atom is 0.287 e. The van der Waals surface area contributed by atoms with Gasteiger partial charge in [0.25, 0.3) is 12.9 Å². The lowest BCUT2D eigenvalue weighted by Crippen LogP contribution is -2.39. The zero-order valence-corrected chi connectivity index (χ0v) is 13.1. The number of thiocarbonyl (C=S) groups is 1. The van der Waals surface area contributed by atoms with Gasteiger partial charge in [-0.25, -0.2) is 30.7 Å². The average molecular weight is 380 g/mol. The number of aryl methyl sites for hydroxylation is 1. The van der Waals surface area contributed by atoms with Gasteiger partial charge < -0.3 is 10.6 Å². The highest BCUT2D eigenvalue weighted by Gasteiger charge is 2.23. The van der Waals surface area contributed by atoms with Gasteiger partial charge in [-0.15, -0.1) is 0 Å². The lowest BCUT2D eigenvalue weighted by Gasteiger charge is -2.16. The molecule has 130 valence electrons. The summed E-state index contributed by atoms with van der Waals surface area (Å²) in [6.45, 7) is 1.37. The maximum atomic E-state index is 13.7. The zero-order valence-electron chi connectivity index (χ0n) is 11.4. The minimum Gasteiger partial charge on any atom is -0.330 e. The smallest absolute Gasteiger partial charge is 0.287 e. The fourth-order valence-electron chi connectivity index (χ4n) is 1.39. The Balaban J connectivity index is 2.88. The first kappa shape index (κ1) is 19.8. The molecule has 11 heteroatoms. The summed E-state index contributed by atoms with van der Waals surface area (Å²) in [6.07, 6.45) is -9.34. The summed E-state index contributed by atoms with van der Waals surface area (Å²) in [5.41, 5.74) is -2.72. The Labute approximate surface area is 136 Å². The summed E-state index contributed by atoms with van der Waals surface area (Å²) in [7, 11) is 0. The van der Waals surface area contributed by atoms with E-state index in [9.17, 15) is 30.7 Å². The van der Waals surface area contributed by atoms with Gasteiger partial charge in [0.2, 0.25) is 11.8 Å². The number of thioether (sulfide) groups is 1. The molecule has 2 nitrogen and oxygen atoms in total. The fourth-order valence-corrected chi connectivity index (χ4v) is 2.39. The third-order valence-electron chi connectivity index (χ3n) is 2.44. The van der Waals surface area contributed by atoms with Crippen LogP contribution in [0.1, 0.15) is 5.56 Å². The molecule has 0 spiro atoms. The second-order valence-corrected chi connectivity index (χ2v) is 5.77. The van der Waals surface area contributed by atoms with Crippen LogP contribution in [0, 0.1) is 12.7 Å². The molecule has 0 aliphatic carbocycles. The molecule has 0 saturated carbocycles. The van der Waals surface area contributed by atoms with Crippen molar-refractivity contribution < 1.29 is 30.7 Å². The molecule has 0 fully saturated rings. The Morgan fingerprint density at radius 3 is 2.22 bits per heavy atom. The van der Waals surface area contributed by atoms with Gasteiger partial charge >= 0.3 is 0 Å². The minimum atomic E-state index is -3.35. The highest BCUT2D eigenvalue weighted by molar-refractivity contribution is 7.99. The van der Waals surface area contributed by atoms with E-state index < -0.39 is 41.3 Å². The first-order valence-electron chi connectivity index (χ1n) is 6.00. The second kappa shape index (κ2) is 8.57. The van der Waals surface area contributed by atoms with Crippen LogP contribution in [0.15, 0.2) is 17.0 Å². The van der Waals surface area contributed by atoms with E-state index >= 15 is 0 Å². The van der Waals surface area contributed by atoms with Crippen molar-refractivity contribution in [3.05, 3.63) is 23.5 Å². The van der Waals surface area contributed by atoms with Gasteiger partial charge in [0.05, 0.1) is 5.69 Å². The molecule has 1 aromatic rings. The third kappa shape index (κ3) is 6.05. The molecular weight excluding hydrogens is 369 g/mol. The summed E-state index contributed by atoms with van der Waals surface area (Å²) in [5, 5.41) is 3.06. The summed E-state index contributed by atoms with van der Waals surface area (Å²) in [4.78, 5) is -0.00448. The summed E-state index contributed by atoms with van der Waals surface area (Å²) >= 11 is 4.70.